The van der Waals surface area contributed by atoms with E-state index in [9.17, 15) is 9.59 Å². The van der Waals surface area contributed by atoms with E-state index in [2.05, 4.69) is 38.3 Å². The molecule has 0 fully saturated rings. The second kappa shape index (κ2) is 16.5. The Balaban J connectivity index is 1.91. The van der Waals surface area contributed by atoms with Gasteiger partial charge < -0.3 is 14.5 Å². The van der Waals surface area contributed by atoms with Crippen LogP contribution in [0.1, 0.15) is 71.4 Å². The quantitative estimate of drug-likeness (QED) is 0.160. The molecule has 45 heavy (non-hydrogen) atoms. The number of ether oxygens (including phenoxy) is 1. The molecule has 1 aromatic carbocycles. The lowest BCUT2D eigenvalue weighted by Crippen LogP contribution is -2.44. The largest absolute Gasteiger partial charge is 0.462 e. The average Bonchev–Trinajstić information content (AvgIpc) is 3.02. The van der Waals surface area contributed by atoms with Crippen LogP contribution in [0.2, 0.25) is 0 Å². The van der Waals surface area contributed by atoms with Crippen molar-refractivity contribution in [3.8, 4) is 0 Å². The van der Waals surface area contributed by atoms with Crippen molar-refractivity contribution in [2.75, 3.05) is 20.2 Å². The van der Waals surface area contributed by atoms with E-state index in [1.807, 2.05) is 43.7 Å². The minimum atomic E-state index is -0.463. The average molecular weight is 612 g/mol. The zero-order chi connectivity index (χ0) is 33.1. The first kappa shape index (κ1) is 35.0. The van der Waals surface area contributed by atoms with E-state index in [0.717, 1.165) is 36.1 Å². The van der Waals surface area contributed by atoms with Gasteiger partial charge in [-0.2, -0.15) is 0 Å². The molecule has 0 saturated carbocycles. The summed E-state index contributed by atoms with van der Waals surface area (Å²) < 4.78 is 20.5. The van der Waals surface area contributed by atoms with Crippen LogP contribution in [-0.4, -0.2) is 53.6 Å². The maximum absolute atomic E-state index is 15.5. The van der Waals surface area contributed by atoms with Crippen molar-refractivity contribution in [3.05, 3.63) is 120 Å². The van der Waals surface area contributed by atoms with Crippen LogP contribution in [0, 0.1) is 5.82 Å². The van der Waals surface area contributed by atoms with Crippen molar-refractivity contribution >= 4 is 28.7 Å². The molecule has 3 rings (SSSR count). The van der Waals surface area contributed by atoms with Crippen molar-refractivity contribution in [2.24, 2.45) is 4.99 Å². The lowest BCUT2D eigenvalue weighted by atomic mass is 10.00. The third-order valence-corrected chi connectivity index (χ3v) is 8.11. The molecule has 0 saturated heterocycles. The number of carbonyl (C=O) groups excluding carboxylic acids is 2. The van der Waals surface area contributed by atoms with Crippen molar-refractivity contribution in [1.82, 2.24) is 9.80 Å². The molecule has 1 atom stereocenters. The molecule has 1 unspecified atom stereocenters. The van der Waals surface area contributed by atoms with Gasteiger partial charge in [0, 0.05) is 24.9 Å². The lowest BCUT2D eigenvalue weighted by Gasteiger charge is -2.33. The highest BCUT2D eigenvalue weighted by Gasteiger charge is 2.28. The summed E-state index contributed by atoms with van der Waals surface area (Å²) in [6.07, 6.45) is 18.3. The van der Waals surface area contributed by atoms with Crippen LogP contribution in [0.15, 0.2) is 108 Å². The zero-order valence-electron chi connectivity index (χ0n) is 27.5. The van der Waals surface area contributed by atoms with Crippen molar-refractivity contribution in [1.29, 1.82) is 0 Å². The first-order chi connectivity index (χ1) is 21.5. The van der Waals surface area contributed by atoms with Crippen LogP contribution in [0.3, 0.4) is 0 Å². The molecule has 6 nitrogen and oxygen atoms in total. The normalized spacial score (nSPS) is 20.9. The fourth-order valence-corrected chi connectivity index (χ4v) is 5.07. The number of amides is 1. The maximum atomic E-state index is 15.5. The number of allylic oxidation sites excluding steroid dienone is 9. The molecule has 7 heteroatoms. The Labute approximate surface area is 268 Å². The van der Waals surface area contributed by atoms with Crippen LogP contribution in [-0.2, 0) is 14.3 Å². The number of esters is 1. The number of nitrogens with zero attached hydrogens (tertiary/aromatic N) is 3. The summed E-state index contributed by atoms with van der Waals surface area (Å²) >= 11 is 0. The number of halogens is 1. The van der Waals surface area contributed by atoms with Crippen LogP contribution in [0.25, 0.3) is 11.1 Å². The molecule has 2 aliphatic rings. The third-order valence-electron chi connectivity index (χ3n) is 8.11. The monoisotopic (exact) mass is 611 g/mol. The predicted octanol–water partition coefficient (Wildman–Crippen LogP) is 8.34. The molecule has 0 radical (unpaired) electrons. The Morgan fingerprint density at radius 1 is 1.20 bits per heavy atom. The predicted molar refractivity (Wildman–Crippen MR) is 184 cm³/mol. The van der Waals surface area contributed by atoms with E-state index < -0.39 is 11.8 Å². The minimum Gasteiger partial charge on any atom is -0.462 e. The standard InChI is InChI=1S/C38H46FN3O3/c1-9-30(38(44)45-11-3)19-18-27(5)31-20-21-33(34(39)24-31)28(6)23-36-40-35(25-32(10-2)41(36)8)37(43)42-22-16-14-12-13-15-17-26(4)29(42)7/h9,13,15,17-21,23-25,29H,1,6,10-12,14,16,22H2,2-5,7-8H3/b15-13-,26-17+,27-18+,30-19+,36-23-. The van der Waals surface area contributed by atoms with Gasteiger partial charge in [0.05, 0.1) is 18.2 Å². The number of aliphatic imine (C=N–C) groups is 1. The second-order valence-electron chi connectivity index (χ2n) is 11.2. The molecule has 1 amide bonds. The van der Waals surface area contributed by atoms with Gasteiger partial charge in [-0.25, -0.2) is 14.2 Å². The highest BCUT2D eigenvalue weighted by molar-refractivity contribution is 6.43. The van der Waals surface area contributed by atoms with Crippen LogP contribution >= 0.6 is 0 Å². The number of rotatable bonds is 9. The zero-order valence-corrected chi connectivity index (χ0v) is 27.5. The molecule has 0 aromatic heterocycles. The molecule has 2 heterocycles. The smallest absolute Gasteiger partial charge is 0.338 e. The Bertz CT molecular complexity index is 1540. The summed E-state index contributed by atoms with van der Waals surface area (Å²) in [5, 5.41) is 0. The van der Waals surface area contributed by atoms with Crippen molar-refractivity contribution < 1.29 is 18.7 Å². The van der Waals surface area contributed by atoms with Gasteiger partial charge in [0.1, 0.15) is 17.3 Å². The fraction of sp³-hybridized carbons (Fsp3) is 0.342. The Morgan fingerprint density at radius 3 is 2.62 bits per heavy atom. The Morgan fingerprint density at radius 2 is 1.96 bits per heavy atom. The Kier molecular flexibility index (Phi) is 12.8. The first-order valence-electron chi connectivity index (χ1n) is 15.6. The molecule has 238 valence electrons. The van der Waals surface area contributed by atoms with E-state index in [1.165, 1.54) is 12.1 Å². The van der Waals surface area contributed by atoms with Gasteiger partial charge in [0.2, 0.25) is 0 Å². The molecule has 1 aromatic rings. The van der Waals surface area contributed by atoms with E-state index in [-0.39, 0.29) is 18.6 Å². The summed E-state index contributed by atoms with van der Waals surface area (Å²) in [5.74, 6) is -0.504. The first-order valence-corrected chi connectivity index (χ1v) is 15.6. The fourth-order valence-electron chi connectivity index (χ4n) is 5.07. The molecule has 0 aliphatic carbocycles. The van der Waals surface area contributed by atoms with E-state index in [0.29, 0.717) is 46.8 Å². The highest BCUT2D eigenvalue weighted by Crippen LogP contribution is 2.28. The topological polar surface area (TPSA) is 62.2 Å². The van der Waals surface area contributed by atoms with Gasteiger partial charge in [-0.15, -0.1) is 0 Å². The molecule has 2 aliphatic heterocycles. The molecular weight excluding hydrogens is 565 g/mol. The van der Waals surface area contributed by atoms with Crippen molar-refractivity contribution in [3.63, 3.8) is 0 Å². The molecule has 0 spiro atoms. The van der Waals surface area contributed by atoms with Gasteiger partial charge in [-0.1, -0.05) is 68.2 Å². The van der Waals surface area contributed by atoms with Crippen LogP contribution in [0.5, 0.6) is 0 Å². The summed E-state index contributed by atoms with van der Waals surface area (Å²) in [4.78, 5) is 34.5. The van der Waals surface area contributed by atoms with Crippen molar-refractivity contribution in [2.45, 2.75) is 66.3 Å². The number of benzene rings is 1. The van der Waals surface area contributed by atoms with Gasteiger partial charge in [-0.3, -0.25) is 4.79 Å². The van der Waals surface area contributed by atoms with Gasteiger partial charge in [0.25, 0.3) is 5.91 Å². The summed E-state index contributed by atoms with van der Waals surface area (Å²) in [6.45, 7) is 18.4. The van der Waals surface area contributed by atoms with E-state index in [1.54, 1.807) is 37.3 Å². The summed E-state index contributed by atoms with van der Waals surface area (Å²) in [5.41, 5.74) is 4.91. The van der Waals surface area contributed by atoms with Crippen LogP contribution < -0.4 is 0 Å². The molecule has 0 bridgehead atoms. The van der Waals surface area contributed by atoms with E-state index in [4.69, 9.17) is 9.73 Å². The third kappa shape index (κ3) is 9.00. The number of hydrogen-bond acceptors (Lipinski definition) is 5. The summed E-state index contributed by atoms with van der Waals surface area (Å²) in [7, 11) is 1.89. The minimum absolute atomic E-state index is 0.0717. The SMILES string of the molecule is C=C/C(=C\C=C(/C)c1ccc(C(=C)/C=C2/N=C(C(=O)N3CCCC/C=C\C=C(/C)C3C)C=C(CC)N2C)c(F)c1)C(=O)OCC. The number of hydrogen-bond donors (Lipinski definition) is 0. The highest BCUT2D eigenvalue weighted by atomic mass is 19.1. The molecule has 0 N–H and O–H groups in total. The van der Waals surface area contributed by atoms with Gasteiger partial charge in [-0.05, 0) is 94.4 Å². The van der Waals surface area contributed by atoms with Gasteiger partial charge >= 0.3 is 5.97 Å². The Hall–Kier alpha value is -4.52. The number of carbonyl (C=O) groups is 2. The van der Waals surface area contributed by atoms with Crippen LogP contribution in [0.4, 0.5) is 4.39 Å². The molecular formula is C38H46FN3O3. The second-order valence-corrected chi connectivity index (χ2v) is 11.2. The van der Waals surface area contributed by atoms with E-state index >= 15 is 4.39 Å². The van der Waals surface area contributed by atoms with Gasteiger partial charge in [0.15, 0.2) is 0 Å². The summed E-state index contributed by atoms with van der Waals surface area (Å²) in [6, 6.07) is 4.85. The maximum Gasteiger partial charge on any atom is 0.338 e. The lowest BCUT2D eigenvalue weighted by molar-refractivity contribution is -0.138.